The topological polar surface area (TPSA) is 25.8 Å². The molecule has 1 unspecified atom stereocenters. The number of thiophene rings is 2. The van der Waals surface area contributed by atoms with E-state index in [0.29, 0.717) is 0 Å². The summed E-state index contributed by atoms with van der Waals surface area (Å²) >= 11 is 5.35. The van der Waals surface area contributed by atoms with Crippen molar-refractivity contribution >= 4 is 45.4 Å². The highest BCUT2D eigenvalue weighted by atomic mass is 32.1. The number of hydrogen-bond donors (Lipinski definition) is 0. The van der Waals surface area contributed by atoms with Gasteiger partial charge >= 0.3 is 0 Å². The SMILES string of the molecule is CCC(C)(C)c1ccc(C(C)(CC)c2ccc(C(CC)(CC)c3ccc(C(C)(C)CC)s3)c3nsnc23)s1. The van der Waals surface area contributed by atoms with E-state index in [9.17, 15) is 0 Å². The molecule has 38 heavy (non-hydrogen) atoms. The van der Waals surface area contributed by atoms with Crippen molar-refractivity contribution < 1.29 is 0 Å². The van der Waals surface area contributed by atoms with Gasteiger partial charge in [0.25, 0.3) is 0 Å². The lowest BCUT2D eigenvalue weighted by atomic mass is 9.71. The van der Waals surface area contributed by atoms with Gasteiger partial charge in [0.1, 0.15) is 11.0 Å². The smallest absolute Gasteiger partial charge is 0.109 e. The zero-order valence-electron chi connectivity index (χ0n) is 25.1. The molecule has 0 fully saturated rings. The monoisotopic (exact) mass is 566 g/mol. The summed E-state index contributed by atoms with van der Waals surface area (Å²) in [5.74, 6) is 0. The standard InChI is InChI=1S/C33H46N2S3/c1-11-30(6,7)24-18-20-26(36-24)32(10,13-3)22-16-17-23(29-28(22)34-38-35-29)33(14-4,15-5)27-21-19-25(37-27)31(8,9)12-2/h16-21H,11-15H2,1-10H3. The zero-order valence-corrected chi connectivity index (χ0v) is 27.6. The van der Waals surface area contributed by atoms with Crippen molar-refractivity contribution in [3.05, 3.63) is 67.0 Å². The average Bonchev–Trinajstić information content (AvgIpc) is 3.70. The van der Waals surface area contributed by atoms with Gasteiger partial charge in [0.15, 0.2) is 0 Å². The fraction of sp³-hybridized carbons (Fsp3) is 0.576. The van der Waals surface area contributed by atoms with Crippen LogP contribution in [0, 0.1) is 0 Å². The van der Waals surface area contributed by atoms with Crippen molar-refractivity contribution in [3.63, 3.8) is 0 Å². The van der Waals surface area contributed by atoms with Gasteiger partial charge in [-0.3, -0.25) is 0 Å². The predicted octanol–water partition coefficient (Wildman–Crippen LogP) is 11.0. The Labute approximate surface area is 243 Å². The van der Waals surface area contributed by atoms with Crippen LogP contribution in [-0.2, 0) is 21.7 Å². The first-order chi connectivity index (χ1) is 17.9. The Morgan fingerprint density at radius 3 is 1.47 bits per heavy atom. The van der Waals surface area contributed by atoms with E-state index in [2.05, 4.69) is 106 Å². The second kappa shape index (κ2) is 10.8. The fourth-order valence-electron chi connectivity index (χ4n) is 5.61. The van der Waals surface area contributed by atoms with E-state index in [1.54, 1.807) is 0 Å². The lowest BCUT2D eigenvalue weighted by Gasteiger charge is -2.34. The minimum atomic E-state index is -0.0956. The van der Waals surface area contributed by atoms with Gasteiger partial charge in [0, 0.05) is 30.3 Å². The summed E-state index contributed by atoms with van der Waals surface area (Å²) in [6, 6.07) is 14.3. The lowest BCUT2D eigenvalue weighted by molar-refractivity contribution is 0.490. The number of hydrogen-bond acceptors (Lipinski definition) is 5. The quantitative estimate of drug-likeness (QED) is 0.180. The number of benzene rings is 1. The van der Waals surface area contributed by atoms with Crippen LogP contribution in [0.3, 0.4) is 0 Å². The van der Waals surface area contributed by atoms with Crippen LogP contribution in [-0.4, -0.2) is 8.75 Å². The number of aromatic nitrogens is 2. The number of fused-ring (bicyclic) bond motifs is 1. The predicted molar refractivity (Wildman–Crippen MR) is 171 cm³/mol. The molecule has 0 spiro atoms. The third-order valence-electron chi connectivity index (χ3n) is 9.77. The minimum absolute atomic E-state index is 0.0524. The summed E-state index contributed by atoms with van der Waals surface area (Å²) in [5, 5.41) is 0. The van der Waals surface area contributed by atoms with Crippen LogP contribution in [0.15, 0.2) is 36.4 Å². The molecule has 206 valence electrons. The second-order valence-corrected chi connectivity index (χ2v) is 15.1. The van der Waals surface area contributed by atoms with Crippen LogP contribution in [0.25, 0.3) is 11.0 Å². The first-order valence-electron chi connectivity index (χ1n) is 14.4. The van der Waals surface area contributed by atoms with Crippen molar-refractivity contribution in [3.8, 4) is 0 Å². The summed E-state index contributed by atoms with van der Waals surface area (Å²) in [7, 11) is 0. The van der Waals surface area contributed by atoms with Crippen LogP contribution in [0.5, 0.6) is 0 Å². The molecular weight excluding hydrogens is 521 g/mol. The summed E-state index contributed by atoms with van der Waals surface area (Å²) in [5.41, 5.74) is 5.11. The minimum Gasteiger partial charge on any atom is -0.173 e. The molecule has 0 radical (unpaired) electrons. The molecule has 0 saturated carbocycles. The Morgan fingerprint density at radius 2 is 0.974 bits per heavy atom. The normalized spacial score (nSPS) is 14.8. The molecule has 4 aromatic rings. The average molecular weight is 567 g/mol. The summed E-state index contributed by atoms with van der Waals surface area (Å²) < 4.78 is 9.94. The molecule has 1 atom stereocenters. The van der Waals surface area contributed by atoms with Crippen LogP contribution in [0.2, 0.25) is 0 Å². The lowest BCUT2D eigenvalue weighted by Crippen LogP contribution is -2.27. The van der Waals surface area contributed by atoms with Crippen molar-refractivity contribution in [1.82, 2.24) is 8.75 Å². The highest BCUT2D eigenvalue weighted by molar-refractivity contribution is 7.12. The Balaban J connectivity index is 1.87. The number of nitrogens with zero attached hydrogens (tertiary/aromatic N) is 2. The first kappa shape index (κ1) is 29.4. The van der Waals surface area contributed by atoms with E-state index in [1.165, 1.54) is 42.4 Å². The molecule has 0 saturated heterocycles. The molecule has 0 bridgehead atoms. The third kappa shape index (κ3) is 4.71. The highest BCUT2D eigenvalue weighted by Gasteiger charge is 2.39. The van der Waals surface area contributed by atoms with Gasteiger partial charge in [0.05, 0.1) is 11.7 Å². The molecule has 3 heterocycles. The molecular formula is C33H46N2S3. The molecule has 0 amide bonds. The van der Waals surface area contributed by atoms with Gasteiger partial charge in [-0.25, -0.2) is 0 Å². The van der Waals surface area contributed by atoms with Crippen molar-refractivity contribution in [1.29, 1.82) is 0 Å². The van der Waals surface area contributed by atoms with Gasteiger partial charge < -0.3 is 0 Å². The summed E-state index contributed by atoms with van der Waals surface area (Å²) in [4.78, 5) is 5.84. The van der Waals surface area contributed by atoms with E-state index in [0.717, 1.165) is 43.1 Å². The maximum atomic E-state index is 4.98. The molecule has 0 aliphatic heterocycles. The molecule has 0 N–H and O–H groups in total. The largest absolute Gasteiger partial charge is 0.173 e. The van der Waals surface area contributed by atoms with Gasteiger partial charge in [-0.05, 0) is 78.3 Å². The van der Waals surface area contributed by atoms with Crippen LogP contribution in [0.4, 0.5) is 0 Å². The third-order valence-corrected chi connectivity index (χ3v) is 13.7. The first-order valence-corrected chi connectivity index (χ1v) is 16.8. The molecule has 0 aliphatic carbocycles. The van der Waals surface area contributed by atoms with Gasteiger partial charge in [0.2, 0.25) is 0 Å². The Bertz CT molecular complexity index is 1380. The fourth-order valence-corrected chi connectivity index (χ4v) is 9.12. The van der Waals surface area contributed by atoms with E-state index >= 15 is 0 Å². The van der Waals surface area contributed by atoms with E-state index < -0.39 is 0 Å². The second-order valence-electron chi connectivity index (χ2n) is 12.4. The van der Waals surface area contributed by atoms with Crippen molar-refractivity contribution in [2.75, 3.05) is 0 Å². The van der Waals surface area contributed by atoms with Crippen LogP contribution in [0.1, 0.15) is 132 Å². The summed E-state index contributed by atoms with van der Waals surface area (Å²) in [6.07, 6.45) is 5.41. The molecule has 0 aliphatic rings. The Hall–Kier alpha value is -1.56. The van der Waals surface area contributed by atoms with E-state index in [4.69, 9.17) is 8.75 Å². The van der Waals surface area contributed by atoms with Gasteiger partial charge in [-0.1, -0.05) is 81.4 Å². The maximum absolute atomic E-state index is 4.98. The maximum Gasteiger partial charge on any atom is 0.109 e. The molecule has 4 rings (SSSR count). The molecule has 5 heteroatoms. The zero-order chi connectivity index (χ0) is 27.9. The molecule has 3 aromatic heterocycles. The van der Waals surface area contributed by atoms with Crippen molar-refractivity contribution in [2.24, 2.45) is 0 Å². The Kier molecular flexibility index (Phi) is 8.35. The van der Waals surface area contributed by atoms with Gasteiger partial charge in [-0.15, -0.1) is 22.7 Å². The number of rotatable bonds is 11. The van der Waals surface area contributed by atoms with Crippen LogP contribution < -0.4 is 0 Å². The van der Waals surface area contributed by atoms with E-state index in [1.807, 2.05) is 22.7 Å². The van der Waals surface area contributed by atoms with Gasteiger partial charge in [-0.2, -0.15) is 8.75 Å². The Morgan fingerprint density at radius 1 is 0.526 bits per heavy atom. The van der Waals surface area contributed by atoms with Crippen LogP contribution >= 0.6 is 34.4 Å². The summed E-state index contributed by atoms with van der Waals surface area (Å²) in [6.45, 7) is 23.4. The van der Waals surface area contributed by atoms with E-state index in [-0.39, 0.29) is 21.7 Å². The highest BCUT2D eigenvalue weighted by Crippen LogP contribution is 2.49. The molecule has 1 aromatic carbocycles. The van der Waals surface area contributed by atoms with Crippen molar-refractivity contribution in [2.45, 2.75) is 123 Å². The molecule has 2 nitrogen and oxygen atoms in total.